The molecule has 35 heavy (non-hydrogen) atoms. The van der Waals surface area contributed by atoms with Crippen LogP contribution in [0.5, 0.6) is 0 Å². The van der Waals surface area contributed by atoms with Crippen molar-refractivity contribution in [1.82, 2.24) is 4.90 Å². The minimum absolute atomic E-state index is 0.113. The minimum atomic E-state index is -0.462. The quantitative estimate of drug-likeness (QED) is 0.226. The van der Waals surface area contributed by atoms with E-state index in [2.05, 4.69) is 4.90 Å². The highest BCUT2D eigenvalue weighted by Crippen LogP contribution is 2.36. The molecule has 2 amide bonds. The van der Waals surface area contributed by atoms with E-state index in [4.69, 9.17) is 9.47 Å². The van der Waals surface area contributed by atoms with E-state index in [1.54, 1.807) is 12.1 Å². The largest absolute Gasteiger partial charge is 0.462 e. The summed E-state index contributed by atoms with van der Waals surface area (Å²) in [6.07, 6.45) is 3.41. The number of carbonyl (C=O) groups is 3. The Morgan fingerprint density at radius 1 is 0.914 bits per heavy atom. The van der Waals surface area contributed by atoms with Crippen LogP contribution in [0, 0.1) is 0 Å². The van der Waals surface area contributed by atoms with E-state index in [1.807, 2.05) is 54.6 Å². The summed E-state index contributed by atoms with van der Waals surface area (Å²) in [7, 11) is 0. The van der Waals surface area contributed by atoms with Gasteiger partial charge in [-0.2, -0.15) is 0 Å². The van der Waals surface area contributed by atoms with E-state index in [-0.39, 0.29) is 25.0 Å². The number of benzene rings is 3. The number of hydrogen-bond acceptors (Lipinski definition) is 6. The summed E-state index contributed by atoms with van der Waals surface area (Å²) in [5.74, 6) is -1.10. The molecule has 1 saturated heterocycles. The van der Waals surface area contributed by atoms with Crippen molar-refractivity contribution >= 4 is 40.3 Å². The molecule has 2 aliphatic rings. The zero-order chi connectivity index (χ0) is 24.2. The maximum Gasteiger partial charge on any atom is 0.330 e. The first-order valence-corrected chi connectivity index (χ1v) is 11.8. The van der Waals surface area contributed by atoms with Gasteiger partial charge in [0.25, 0.3) is 11.8 Å². The van der Waals surface area contributed by atoms with Gasteiger partial charge < -0.3 is 14.4 Å². The lowest BCUT2D eigenvalue weighted by atomic mass is 9.92. The Hall–Kier alpha value is -3.97. The van der Waals surface area contributed by atoms with Gasteiger partial charge in [0.15, 0.2) is 0 Å². The highest BCUT2D eigenvalue weighted by molar-refractivity contribution is 6.26. The Kier molecular flexibility index (Phi) is 6.59. The van der Waals surface area contributed by atoms with Crippen LogP contribution in [0.1, 0.15) is 32.7 Å². The molecule has 178 valence electrons. The molecule has 7 heteroatoms. The third kappa shape index (κ3) is 4.68. The third-order valence-corrected chi connectivity index (χ3v) is 6.30. The lowest BCUT2D eigenvalue weighted by Crippen LogP contribution is -2.41. The summed E-state index contributed by atoms with van der Waals surface area (Å²) in [5, 5.41) is 1.61. The van der Waals surface area contributed by atoms with Crippen LogP contribution in [0.15, 0.2) is 66.7 Å². The summed E-state index contributed by atoms with van der Waals surface area (Å²) in [6.45, 7) is 3.14. The van der Waals surface area contributed by atoms with Crippen molar-refractivity contribution in [1.29, 1.82) is 0 Å². The van der Waals surface area contributed by atoms with Crippen molar-refractivity contribution in [2.75, 3.05) is 44.4 Å². The lowest BCUT2D eigenvalue weighted by molar-refractivity contribution is -0.137. The van der Waals surface area contributed by atoms with Crippen molar-refractivity contribution in [3.05, 3.63) is 83.4 Å². The molecule has 3 aromatic rings. The molecule has 3 aromatic carbocycles. The fourth-order valence-corrected chi connectivity index (χ4v) is 4.59. The number of esters is 1. The van der Waals surface area contributed by atoms with Crippen LogP contribution < -0.4 is 4.90 Å². The van der Waals surface area contributed by atoms with Crippen LogP contribution in [0.2, 0.25) is 0 Å². The van der Waals surface area contributed by atoms with Crippen LogP contribution >= 0.6 is 0 Å². The standard InChI is InChI=1S/C28H26N2O5/c31-25(13-10-20-6-2-1-3-7-20)35-17-5-14-30-27(32)22-9-4-8-21-24(29-15-18-34-19-16-29)12-11-23(26(21)22)28(30)33/h1-4,6-13H,5,14-19H2. The zero-order valence-corrected chi connectivity index (χ0v) is 19.3. The smallest absolute Gasteiger partial charge is 0.330 e. The van der Waals surface area contributed by atoms with E-state index >= 15 is 0 Å². The van der Waals surface area contributed by atoms with Crippen molar-refractivity contribution < 1.29 is 23.9 Å². The van der Waals surface area contributed by atoms with Gasteiger partial charge in [0.1, 0.15) is 0 Å². The molecule has 0 radical (unpaired) electrons. The van der Waals surface area contributed by atoms with Crippen LogP contribution in [0.3, 0.4) is 0 Å². The average molecular weight is 471 g/mol. The predicted molar refractivity (Wildman–Crippen MR) is 133 cm³/mol. The molecule has 0 aromatic heterocycles. The third-order valence-electron chi connectivity index (χ3n) is 6.30. The van der Waals surface area contributed by atoms with Crippen LogP contribution in [-0.4, -0.2) is 62.1 Å². The van der Waals surface area contributed by atoms with Gasteiger partial charge in [-0.3, -0.25) is 14.5 Å². The molecular weight excluding hydrogens is 444 g/mol. The normalized spacial score (nSPS) is 15.8. The molecule has 0 saturated carbocycles. The van der Waals surface area contributed by atoms with Crippen molar-refractivity contribution in [3.8, 4) is 0 Å². The number of morpholine rings is 1. The van der Waals surface area contributed by atoms with Crippen molar-refractivity contribution in [2.45, 2.75) is 6.42 Å². The predicted octanol–water partition coefficient (Wildman–Crippen LogP) is 3.92. The summed E-state index contributed by atoms with van der Waals surface area (Å²) >= 11 is 0. The second-order valence-electron chi connectivity index (χ2n) is 8.49. The Balaban J connectivity index is 1.26. The summed E-state index contributed by atoms with van der Waals surface area (Å²) < 4.78 is 10.7. The van der Waals surface area contributed by atoms with Gasteiger partial charge in [0, 0.05) is 53.3 Å². The molecule has 0 spiro atoms. The number of imide groups is 1. The fraction of sp³-hybridized carbons (Fsp3) is 0.250. The molecule has 0 N–H and O–H groups in total. The number of anilines is 1. The molecular formula is C28H26N2O5. The van der Waals surface area contributed by atoms with Crippen molar-refractivity contribution in [3.63, 3.8) is 0 Å². The maximum absolute atomic E-state index is 13.2. The maximum atomic E-state index is 13.2. The van der Waals surface area contributed by atoms with E-state index in [9.17, 15) is 14.4 Å². The van der Waals surface area contributed by atoms with Crippen molar-refractivity contribution in [2.24, 2.45) is 0 Å². The number of ether oxygens (including phenoxy) is 2. The highest BCUT2D eigenvalue weighted by Gasteiger charge is 2.33. The molecule has 0 atom stereocenters. The fourth-order valence-electron chi connectivity index (χ4n) is 4.59. The van der Waals surface area contributed by atoms with Crippen LogP contribution in [-0.2, 0) is 14.3 Å². The van der Waals surface area contributed by atoms with Gasteiger partial charge in [-0.1, -0.05) is 42.5 Å². The van der Waals surface area contributed by atoms with Gasteiger partial charge in [0.05, 0.1) is 19.8 Å². The molecule has 1 fully saturated rings. The second-order valence-corrected chi connectivity index (χ2v) is 8.49. The summed E-state index contributed by atoms with van der Waals surface area (Å²) in [6, 6.07) is 18.8. The molecule has 7 nitrogen and oxygen atoms in total. The Morgan fingerprint density at radius 2 is 1.66 bits per heavy atom. The number of amides is 2. The van der Waals surface area contributed by atoms with E-state index in [0.717, 1.165) is 29.7 Å². The lowest BCUT2D eigenvalue weighted by Gasteiger charge is -2.32. The molecule has 0 aliphatic carbocycles. The average Bonchev–Trinajstić information content (AvgIpc) is 2.91. The Bertz CT molecular complexity index is 1270. The number of hydrogen-bond donors (Lipinski definition) is 0. The highest BCUT2D eigenvalue weighted by atomic mass is 16.5. The molecule has 0 bridgehead atoms. The minimum Gasteiger partial charge on any atom is -0.462 e. The second kappa shape index (κ2) is 10.1. The molecule has 0 unspecified atom stereocenters. The summed E-state index contributed by atoms with van der Waals surface area (Å²) in [4.78, 5) is 41.9. The Labute approximate surface area is 203 Å². The summed E-state index contributed by atoms with van der Waals surface area (Å²) in [5.41, 5.74) is 2.96. The van der Waals surface area contributed by atoms with Gasteiger partial charge in [-0.15, -0.1) is 0 Å². The van der Waals surface area contributed by atoms with E-state index in [1.165, 1.54) is 11.0 Å². The van der Waals surface area contributed by atoms with Gasteiger partial charge in [-0.25, -0.2) is 4.79 Å². The number of nitrogens with zero attached hydrogens (tertiary/aromatic N) is 2. The topological polar surface area (TPSA) is 76.2 Å². The first-order valence-electron chi connectivity index (χ1n) is 11.8. The number of rotatable bonds is 7. The SMILES string of the molecule is O=C(C=Cc1ccccc1)OCCCN1C(=O)c2cccc3c(N4CCOCC4)ccc(c23)C1=O. The molecule has 5 rings (SSSR count). The molecule has 2 aliphatic heterocycles. The monoisotopic (exact) mass is 470 g/mol. The first-order chi connectivity index (χ1) is 17.1. The van der Waals surface area contributed by atoms with Crippen LogP contribution in [0.4, 0.5) is 5.69 Å². The van der Waals surface area contributed by atoms with E-state index < -0.39 is 5.97 Å². The number of carbonyl (C=O) groups excluding carboxylic acids is 3. The Morgan fingerprint density at radius 3 is 2.43 bits per heavy atom. The molecule has 2 heterocycles. The first kappa shape index (κ1) is 22.8. The van der Waals surface area contributed by atoms with Gasteiger partial charge in [-0.05, 0) is 36.3 Å². The van der Waals surface area contributed by atoms with Gasteiger partial charge in [0.2, 0.25) is 0 Å². The zero-order valence-electron chi connectivity index (χ0n) is 19.3. The van der Waals surface area contributed by atoms with Crippen LogP contribution in [0.25, 0.3) is 16.8 Å². The van der Waals surface area contributed by atoms with E-state index in [0.29, 0.717) is 36.1 Å². The van der Waals surface area contributed by atoms with Gasteiger partial charge >= 0.3 is 5.97 Å².